The van der Waals surface area contributed by atoms with E-state index in [-0.39, 0.29) is 24.4 Å². The number of thiazole rings is 1. The van der Waals surface area contributed by atoms with E-state index in [1.54, 1.807) is 11.3 Å². The van der Waals surface area contributed by atoms with Crippen LogP contribution < -0.4 is 0 Å². The predicted octanol–water partition coefficient (Wildman–Crippen LogP) is 4.78. The fraction of sp³-hybridized carbons (Fsp3) is 0.318. The van der Waals surface area contributed by atoms with Crippen LogP contribution in [-0.4, -0.2) is 34.8 Å². The molecule has 5 nitrogen and oxygen atoms in total. The lowest BCUT2D eigenvalue weighted by molar-refractivity contribution is -0.151. The topological polar surface area (TPSA) is 59.5 Å². The molecule has 7 heteroatoms. The SMILES string of the molecule is Cc1ccc(-c2nc(COC(=O)C3CCN(C(=O)c4cccs4)CC3)cs2)cc1. The van der Waals surface area contributed by atoms with Crippen molar-refractivity contribution in [1.82, 2.24) is 9.88 Å². The smallest absolute Gasteiger partial charge is 0.309 e. The number of aryl methyl sites for hydroxylation is 1. The largest absolute Gasteiger partial charge is 0.459 e. The Morgan fingerprint density at radius 2 is 1.90 bits per heavy atom. The highest BCUT2D eigenvalue weighted by atomic mass is 32.1. The Hall–Kier alpha value is -2.51. The van der Waals surface area contributed by atoms with E-state index in [1.165, 1.54) is 16.9 Å². The first kappa shape index (κ1) is 19.8. The molecule has 0 atom stereocenters. The van der Waals surface area contributed by atoms with Gasteiger partial charge in [0.25, 0.3) is 5.91 Å². The van der Waals surface area contributed by atoms with E-state index in [9.17, 15) is 9.59 Å². The number of piperidine rings is 1. The zero-order valence-electron chi connectivity index (χ0n) is 16.2. The van der Waals surface area contributed by atoms with Crippen LogP contribution in [0, 0.1) is 12.8 Å². The van der Waals surface area contributed by atoms with E-state index in [0.717, 1.165) is 21.1 Å². The predicted molar refractivity (Wildman–Crippen MR) is 115 cm³/mol. The zero-order chi connectivity index (χ0) is 20.2. The van der Waals surface area contributed by atoms with Crippen LogP contribution >= 0.6 is 22.7 Å². The molecule has 0 aliphatic carbocycles. The second-order valence-electron chi connectivity index (χ2n) is 7.16. The molecule has 1 aromatic carbocycles. The molecule has 150 valence electrons. The second kappa shape index (κ2) is 8.88. The van der Waals surface area contributed by atoms with Gasteiger partial charge in [-0.15, -0.1) is 22.7 Å². The number of hydrogen-bond acceptors (Lipinski definition) is 6. The minimum absolute atomic E-state index is 0.0536. The summed E-state index contributed by atoms with van der Waals surface area (Å²) in [5, 5.41) is 4.77. The lowest BCUT2D eigenvalue weighted by atomic mass is 9.97. The highest BCUT2D eigenvalue weighted by molar-refractivity contribution is 7.13. The number of rotatable bonds is 5. The number of nitrogens with zero attached hydrogens (tertiary/aromatic N) is 2. The van der Waals surface area contributed by atoms with Gasteiger partial charge in [0.05, 0.1) is 16.5 Å². The van der Waals surface area contributed by atoms with Crippen molar-refractivity contribution in [2.45, 2.75) is 26.4 Å². The molecule has 29 heavy (non-hydrogen) atoms. The second-order valence-corrected chi connectivity index (χ2v) is 8.97. The van der Waals surface area contributed by atoms with Gasteiger partial charge in [-0.05, 0) is 31.2 Å². The Balaban J connectivity index is 1.26. The third-order valence-electron chi connectivity index (χ3n) is 5.06. The van der Waals surface area contributed by atoms with E-state index >= 15 is 0 Å². The summed E-state index contributed by atoms with van der Waals surface area (Å²) in [6, 6.07) is 11.9. The molecule has 0 spiro atoms. The maximum atomic E-state index is 12.4. The number of thiophene rings is 1. The standard InChI is InChI=1S/C22H22N2O3S2/c1-15-4-6-16(7-5-15)20-23-18(14-29-20)13-27-22(26)17-8-10-24(11-9-17)21(25)19-3-2-12-28-19/h2-7,12,14,17H,8-11,13H2,1H3. The minimum Gasteiger partial charge on any atom is -0.459 e. The Bertz CT molecular complexity index is 972. The van der Waals surface area contributed by atoms with Gasteiger partial charge in [0.2, 0.25) is 0 Å². The van der Waals surface area contributed by atoms with Crippen molar-refractivity contribution in [2.24, 2.45) is 5.92 Å². The zero-order valence-corrected chi connectivity index (χ0v) is 17.8. The number of carbonyl (C=O) groups excluding carboxylic acids is 2. The van der Waals surface area contributed by atoms with E-state index in [0.29, 0.717) is 25.9 Å². The molecule has 0 radical (unpaired) electrons. The van der Waals surface area contributed by atoms with Crippen LogP contribution in [0.15, 0.2) is 47.2 Å². The van der Waals surface area contributed by atoms with Crippen LogP contribution in [0.2, 0.25) is 0 Å². The van der Waals surface area contributed by atoms with Crippen molar-refractivity contribution in [2.75, 3.05) is 13.1 Å². The molecule has 1 aliphatic heterocycles. The third kappa shape index (κ3) is 4.74. The molecule has 0 unspecified atom stereocenters. The minimum atomic E-state index is -0.196. The van der Waals surface area contributed by atoms with Crippen molar-refractivity contribution >= 4 is 34.6 Å². The van der Waals surface area contributed by atoms with Gasteiger partial charge in [-0.25, -0.2) is 4.98 Å². The molecule has 0 bridgehead atoms. The van der Waals surface area contributed by atoms with E-state index in [2.05, 4.69) is 36.2 Å². The molecule has 0 N–H and O–H groups in total. The molecule has 4 rings (SSSR count). The monoisotopic (exact) mass is 426 g/mol. The van der Waals surface area contributed by atoms with Gasteiger partial charge in [0, 0.05) is 24.0 Å². The summed E-state index contributed by atoms with van der Waals surface area (Å²) in [5.74, 6) is -0.298. The maximum absolute atomic E-state index is 12.4. The van der Waals surface area contributed by atoms with Gasteiger partial charge >= 0.3 is 5.97 Å². The number of ether oxygens (including phenoxy) is 1. The van der Waals surface area contributed by atoms with E-state index in [1.807, 2.05) is 27.8 Å². The number of amides is 1. The number of esters is 1. The fourth-order valence-corrected chi connectivity index (χ4v) is 4.84. The molecular formula is C22H22N2O3S2. The van der Waals surface area contributed by atoms with E-state index in [4.69, 9.17) is 4.74 Å². The van der Waals surface area contributed by atoms with Gasteiger partial charge in [-0.3, -0.25) is 9.59 Å². The van der Waals surface area contributed by atoms with Gasteiger partial charge in [0.15, 0.2) is 0 Å². The third-order valence-corrected chi connectivity index (χ3v) is 6.86. The summed E-state index contributed by atoms with van der Waals surface area (Å²) in [6.07, 6.45) is 1.28. The Morgan fingerprint density at radius 3 is 2.59 bits per heavy atom. The molecule has 2 aromatic heterocycles. The van der Waals surface area contributed by atoms with Crippen molar-refractivity contribution in [1.29, 1.82) is 0 Å². The number of carbonyl (C=O) groups is 2. The lowest BCUT2D eigenvalue weighted by Crippen LogP contribution is -2.40. The van der Waals surface area contributed by atoms with Crippen LogP contribution in [0.25, 0.3) is 10.6 Å². The molecule has 1 amide bonds. The summed E-state index contributed by atoms with van der Waals surface area (Å²) >= 11 is 3.00. The Morgan fingerprint density at radius 1 is 1.14 bits per heavy atom. The Kier molecular flexibility index (Phi) is 6.06. The molecule has 1 aliphatic rings. The van der Waals surface area contributed by atoms with Crippen LogP contribution in [0.3, 0.4) is 0 Å². The number of aromatic nitrogens is 1. The number of benzene rings is 1. The average Bonchev–Trinajstić information content (AvgIpc) is 3.44. The first-order valence-corrected chi connectivity index (χ1v) is 11.4. The van der Waals surface area contributed by atoms with E-state index < -0.39 is 0 Å². The maximum Gasteiger partial charge on any atom is 0.309 e. The first-order valence-electron chi connectivity index (χ1n) is 9.61. The fourth-order valence-electron chi connectivity index (χ4n) is 3.34. The summed E-state index contributed by atoms with van der Waals surface area (Å²) in [5.41, 5.74) is 3.05. The summed E-state index contributed by atoms with van der Waals surface area (Å²) < 4.78 is 5.51. The lowest BCUT2D eigenvalue weighted by Gasteiger charge is -2.30. The number of likely N-dealkylation sites (tertiary alicyclic amines) is 1. The summed E-state index contributed by atoms with van der Waals surface area (Å²) in [6.45, 7) is 3.42. The van der Waals surface area contributed by atoms with Gasteiger partial charge in [-0.1, -0.05) is 35.9 Å². The van der Waals surface area contributed by atoms with Crippen molar-refractivity contribution in [3.05, 3.63) is 63.3 Å². The average molecular weight is 427 g/mol. The molecule has 1 fully saturated rings. The van der Waals surface area contributed by atoms with Gasteiger partial charge < -0.3 is 9.64 Å². The van der Waals surface area contributed by atoms with Crippen LogP contribution in [0.5, 0.6) is 0 Å². The normalized spacial score (nSPS) is 14.7. The van der Waals surface area contributed by atoms with Gasteiger partial charge in [-0.2, -0.15) is 0 Å². The molecule has 3 aromatic rings. The summed E-state index contributed by atoms with van der Waals surface area (Å²) in [7, 11) is 0. The highest BCUT2D eigenvalue weighted by Crippen LogP contribution is 2.25. The molecular weight excluding hydrogens is 404 g/mol. The van der Waals surface area contributed by atoms with Crippen LogP contribution in [0.1, 0.15) is 33.8 Å². The van der Waals surface area contributed by atoms with Crippen molar-refractivity contribution in [3.8, 4) is 10.6 Å². The molecule has 1 saturated heterocycles. The van der Waals surface area contributed by atoms with Crippen LogP contribution in [0.4, 0.5) is 0 Å². The first-order chi connectivity index (χ1) is 14.1. The Labute approximate surface area is 178 Å². The molecule has 0 saturated carbocycles. The van der Waals surface area contributed by atoms with Crippen LogP contribution in [-0.2, 0) is 16.1 Å². The number of hydrogen-bond donors (Lipinski definition) is 0. The van der Waals surface area contributed by atoms with Gasteiger partial charge in [0.1, 0.15) is 11.6 Å². The molecule has 3 heterocycles. The highest BCUT2D eigenvalue weighted by Gasteiger charge is 2.29. The quantitative estimate of drug-likeness (QED) is 0.551. The van der Waals surface area contributed by atoms with Crippen molar-refractivity contribution < 1.29 is 14.3 Å². The summed E-state index contributed by atoms with van der Waals surface area (Å²) in [4.78, 5) is 32.0. The van der Waals surface area contributed by atoms with Crippen molar-refractivity contribution in [3.63, 3.8) is 0 Å².